The van der Waals surface area contributed by atoms with E-state index >= 15 is 0 Å². The molecule has 0 aliphatic rings. The molecule has 0 aliphatic heterocycles. The van der Waals surface area contributed by atoms with Gasteiger partial charge in [-0.2, -0.15) is 0 Å². The zero-order chi connectivity index (χ0) is 17.7. The SMILES string of the molecule is CCNC(=NCCCc1c[nH]c2ccccc12)NCCCCOCC.I. The third-order valence-corrected chi connectivity index (χ3v) is 4.11. The number of aryl methyl sites for hydroxylation is 1. The van der Waals surface area contributed by atoms with E-state index in [0.29, 0.717) is 0 Å². The lowest BCUT2D eigenvalue weighted by molar-refractivity contribution is 0.143. The topological polar surface area (TPSA) is 61.4 Å². The lowest BCUT2D eigenvalue weighted by Crippen LogP contribution is -2.38. The van der Waals surface area contributed by atoms with Gasteiger partial charge in [0, 0.05) is 49.9 Å². The highest BCUT2D eigenvalue weighted by Gasteiger charge is 2.02. The number of unbranched alkanes of at least 4 members (excludes halogenated alkanes) is 1. The lowest BCUT2D eigenvalue weighted by Gasteiger charge is -2.11. The molecule has 0 atom stereocenters. The Bertz CT molecular complexity index is 642. The van der Waals surface area contributed by atoms with E-state index in [1.165, 1.54) is 16.5 Å². The summed E-state index contributed by atoms with van der Waals surface area (Å²) in [7, 11) is 0. The van der Waals surface area contributed by atoms with Crippen LogP contribution < -0.4 is 10.6 Å². The van der Waals surface area contributed by atoms with Gasteiger partial charge in [-0.15, -0.1) is 24.0 Å². The van der Waals surface area contributed by atoms with Crippen molar-refractivity contribution in [2.75, 3.05) is 32.8 Å². The van der Waals surface area contributed by atoms with Crippen molar-refractivity contribution in [1.29, 1.82) is 0 Å². The van der Waals surface area contributed by atoms with E-state index in [1.807, 2.05) is 6.92 Å². The van der Waals surface area contributed by atoms with E-state index < -0.39 is 0 Å². The number of aromatic amines is 1. The van der Waals surface area contributed by atoms with Gasteiger partial charge < -0.3 is 20.4 Å². The van der Waals surface area contributed by atoms with Gasteiger partial charge in [0.2, 0.25) is 0 Å². The molecule has 0 aliphatic carbocycles. The first-order valence-electron chi connectivity index (χ1n) is 9.50. The molecule has 1 heterocycles. The summed E-state index contributed by atoms with van der Waals surface area (Å²) in [6.07, 6.45) is 6.39. The number of rotatable bonds is 11. The van der Waals surface area contributed by atoms with Gasteiger partial charge >= 0.3 is 0 Å². The van der Waals surface area contributed by atoms with Crippen molar-refractivity contribution in [3.05, 3.63) is 36.0 Å². The fraction of sp³-hybridized carbons (Fsp3) is 0.550. The number of aromatic nitrogens is 1. The van der Waals surface area contributed by atoms with Gasteiger partial charge in [-0.05, 0) is 51.2 Å². The Kier molecular flexibility index (Phi) is 12.1. The Morgan fingerprint density at radius 1 is 1.12 bits per heavy atom. The van der Waals surface area contributed by atoms with Crippen LogP contribution in [-0.4, -0.2) is 43.8 Å². The molecule has 2 aromatic rings. The number of guanidine groups is 1. The third kappa shape index (κ3) is 7.95. The third-order valence-electron chi connectivity index (χ3n) is 4.11. The van der Waals surface area contributed by atoms with E-state index in [2.05, 4.69) is 58.0 Å². The van der Waals surface area contributed by atoms with Crippen LogP contribution in [0.3, 0.4) is 0 Å². The number of hydrogen-bond donors (Lipinski definition) is 3. The van der Waals surface area contributed by atoms with Gasteiger partial charge in [0.05, 0.1) is 0 Å². The molecule has 3 N–H and O–H groups in total. The van der Waals surface area contributed by atoms with E-state index in [-0.39, 0.29) is 24.0 Å². The van der Waals surface area contributed by atoms with Crippen LogP contribution in [0, 0.1) is 0 Å². The number of ether oxygens (including phenoxy) is 1. The second-order valence-corrected chi connectivity index (χ2v) is 6.05. The van der Waals surface area contributed by atoms with Crippen LogP contribution >= 0.6 is 24.0 Å². The molecule has 0 spiro atoms. The number of aliphatic imine (C=N–C) groups is 1. The minimum atomic E-state index is 0. The highest BCUT2D eigenvalue weighted by atomic mass is 127. The number of para-hydroxylation sites is 1. The molecule has 26 heavy (non-hydrogen) atoms. The summed E-state index contributed by atoms with van der Waals surface area (Å²) in [6, 6.07) is 8.46. The largest absolute Gasteiger partial charge is 0.382 e. The van der Waals surface area contributed by atoms with E-state index in [1.54, 1.807) is 0 Å². The van der Waals surface area contributed by atoms with E-state index in [9.17, 15) is 0 Å². The normalized spacial score (nSPS) is 11.4. The van der Waals surface area contributed by atoms with Crippen molar-refractivity contribution >= 4 is 40.8 Å². The summed E-state index contributed by atoms with van der Waals surface area (Å²) >= 11 is 0. The molecule has 0 fully saturated rings. The summed E-state index contributed by atoms with van der Waals surface area (Å²) in [4.78, 5) is 8.02. The summed E-state index contributed by atoms with van der Waals surface area (Å²) in [5, 5.41) is 8.03. The van der Waals surface area contributed by atoms with Gasteiger partial charge in [0.15, 0.2) is 5.96 Å². The van der Waals surface area contributed by atoms with Gasteiger partial charge in [0.1, 0.15) is 0 Å². The van der Waals surface area contributed by atoms with E-state index in [0.717, 1.165) is 64.5 Å². The average molecular weight is 472 g/mol. The molecule has 0 saturated heterocycles. The van der Waals surface area contributed by atoms with Crippen LogP contribution in [-0.2, 0) is 11.2 Å². The Labute approximate surface area is 174 Å². The monoisotopic (exact) mass is 472 g/mol. The molecular formula is C20H33IN4O. The Balaban J connectivity index is 0.00000338. The molecule has 5 nitrogen and oxygen atoms in total. The van der Waals surface area contributed by atoms with Gasteiger partial charge in [0.25, 0.3) is 0 Å². The van der Waals surface area contributed by atoms with Crippen molar-refractivity contribution in [1.82, 2.24) is 15.6 Å². The minimum Gasteiger partial charge on any atom is -0.382 e. The molecular weight excluding hydrogens is 439 g/mol. The molecule has 1 aromatic carbocycles. The number of benzene rings is 1. The summed E-state index contributed by atoms with van der Waals surface area (Å²) in [5.74, 6) is 0.915. The Morgan fingerprint density at radius 2 is 1.96 bits per heavy atom. The summed E-state index contributed by atoms with van der Waals surface area (Å²) in [6.45, 7) is 8.41. The molecule has 0 amide bonds. The van der Waals surface area contributed by atoms with Gasteiger partial charge in [-0.3, -0.25) is 4.99 Å². The maximum absolute atomic E-state index is 5.36. The molecule has 1 aromatic heterocycles. The number of nitrogens with one attached hydrogen (secondary N) is 3. The van der Waals surface area contributed by atoms with Gasteiger partial charge in [-0.1, -0.05) is 18.2 Å². The number of fused-ring (bicyclic) bond motifs is 1. The summed E-state index contributed by atoms with van der Waals surface area (Å²) < 4.78 is 5.36. The molecule has 0 saturated carbocycles. The Morgan fingerprint density at radius 3 is 2.77 bits per heavy atom. The smallest absolute Gasteiger partial charge is 0.191 e. The zero-order valence-corrected chi connectivity index (χ0v) is 18.3. The molecule has 6 heteroatoms. The van der Waals surface area contributed by atoms with Crippen molar-refractivity contribution in [2.45, 2.75) is 39.5 Å². The zero-order valence-electron chi connectivity index (χ0n) is 16.0. The standard InChI is InChI=1S/C20H32N4O.HI/c1-3-21-20(22-13-7-8-15-25-4-2)23-14-9-10-17-16-24-19-12-6-5-11-18(17)19;/h5-6,11-12,16,24H,3-4,7-10,13-15H2,1-2H3,(H2,21,22,23);1H. The van der Waals surface area contributed by atoms with Crippen LogP contribution in [0.5, 0.6) is 0 Å². The van der Waals surface area contributed by atoms with Crippen LogP contribution in [0.4, 0.5) is 0 Å². The molecule has 2 rings (SSSR count). The van der Waals surface area contributed by atoms with E-state index in [4.69, 9.17) is 4.74 Å². The molecule has 0 radical (unpaired) electrons. The fourth-order valence-corrected chi connectivity index (χ4v) is 2.82. The number of nitrogens with zero attached hydrogens (tertiary/aromatic N) is 1. The fourth-order valence-electron chi connectivity index (χ4n) is 2.82. The van der Waals surface area contributed by atoms with Crippen molar-refractivity contribution in [2.24, 2.45) is 4.99 Å². The molecule has 0 bridgehead atoms. The number of halogens is 1. The predicted octanol–water partition coefficient (Wildman–Crippen LogP) is 4.09. The van der Waals surface area contributed by atoms with Crippen LogP contribution in [0.2, 0.25) is 0 Å². The maximum Gasteiger partial charge on any atom is 0.191 e. The Hall–Kier alpha value is -1.28. The van der Waals surface area contributed by atoms with Gasteiger partial charge in [-0.25, -0.2) is 0 Å². The number of hydrogen-bond acceptors (Lipinski definition) is 2. The molecule has 146 valence electrons. The second-order valence-electron chi connectivity index (χ2n) is 6.05. The highest BCUT2D eigenvalue weighted by Crippen LogP contribution is 2.18. The van der Waals surface area contributed by atoms with Crippen molar-refractivity contribution < 1.29 is 4.74 Å². The quantitative estimate of drug-likeness (QED) is 0.200. The van der Waals surface area contributed by atoms with Crippen molar-refractivity contribution in [3.8, 4) is 0 Å². The summed E-state index contributed by atoms with van der Waals surface area (Å²) in [5.41, 5.74) is 2.59. The highest BCUT2D eigenvalue weighted by molar-refractivity contribution is 14.0. The van der Waals surface area contributed by atoms with Crippen LogP contribution in [0.25, 0.3) is 10.9 Å². The predicted molar refractivity (Wildman–Crippen MR) is 122 cm³/mol. The first kappa shape index (κ1) is 22.8. The number of H-pyrrole nitrogens is 1. The van der Waals surface area contributed by atoms with Crippen LogP contribution in [0.15, 0.2) is 35.5 Å². The minimum absolute atomic E-state index is 0. The molecule has 0 unspecified atom stereocenters. The maximum atomic E-state index is 5.36. The lowest BCUT2D eigenvalue weighted by atomic mass is 10.1. The first-order chi connectivity index (χ1) is 12.3. The van der Waals surface area contributed by atoms with Crippen LogP contribution in [0.1, 0.15) is 38.7 Å². The van der Waals surface area contributed by atoms with Crippen molar-refractivity contribution in [3.63, 3.8) is 0 Å². The second kappa shape index (κ2) is 13.9. The first-order valence-corrected chi connectivity index (χ1v) is 9.50. The average Bonchev–Trinajstić information content (AvgIpc) is 3.04.